The van der Waals surface area contributed by atoms with E-state index in [-0.39, 0.29) is 32.9 Å². The molecule has 4 rings (SSSR count). The van der Waals surface area contributed by atoms with E-state index < -0.39 is 0 Å². The number of allylic oxidation sites excluding steroid dienone is 1. The fourth-order valence-electron chi connectivity index (χ4n) is 7.50. The molecule has 4 heteroatoms. The summed E-state index contributed by atoms with van der Waals surface area (Å²) < 4.78 is 0. The summed E-state index contributed by atoms with van der Waals surface area (Å²) in [6.45, 7) is 8.16. The van der Waals surface area contributed by atoms with Crippen LogP contribution in [0.15, 0.2) is 11.6 Å². The molecule has 27 heavy (non-hydrogen) atoms. The first kappa shape index (κ1) is 19.4. The van der Waals surface area contributed by atoms with E-state index in [1.807, 2.05) is 6.08 Å². The molecule has 0 heterocycles. The fraction of sp³-hybridized carbons (Fsp3) is 0.783. The van der Waals surface area contributed by atoms with Crippen LogP contribution in [0.4, 0.5) is 0 Å². The van der Waals surface area contributed by atoms with Gasteiger partial charge in [-0.3, -0.25) is 14.4 Å². The minimum absolute atomic E-state index is 0.0880. The van der Waals surface area contributed by atoms with E-state index >= 15 is 0 Å². The number of hydrogen-bond donors (Lipinski definition) is 0. The molecule has 0 bridgehead atoms. The van der Waals surface area contributed by atoms with Gasteiger partial charge in [-0.1, -0.05) is 31.2 Å². The first-order valence-electron chi connectivity index (χ1n) is 10.6. The number of carbonyl (C=O) groups is 3. The van der Waals surface area contributed by atoms with Gasteiger partial charge in [0.25, 0.3) is 0 Å². The largest absolute Gasteiger partial charge is 0.300 e. The van der Waals surface area contributed by atoms with E-state index in [0.29, 0.717) is 30.0 Å². The Morgan fingerprint density at radius 1 is 1.07 bits per heavy atom. The molecule has 7 atom stereocenters. The van der Waals surface area contributed by atoms with Gasteiger partial charge in [0.05, 0.1) is 0 Å². The minimum Gasteiger partial charge on any atom is -0.300 e. The second-order valence-electron chi connectivity index (χ2n) is 9.98. The minimum atomic E-state index is 0.0880. The normalized spacial score (nSPS) is 46.1. The molecule has 3 nitrogen and oxygen atoms in total. The summed E-state index contributed by atoms with van der Waals surface area (Å²) >= 11 is 1.50. The molecule has 0 amide bonds. The standard InChI is InChI=1S/C23H32O3S/c1-13(24)17-5-6-18-21-19(8-10-23(17,18)4)22(3)9-7-16(26)11-15(22)12-20(21)27-14(2)25/h11,17-21H,5-10,12H2,1-4H3/t17-,18+,19+,20-,21+,22+,23-/m1/s1. The predicted molar refractivity (Wildman–Crippen MR) is 108 cm³/mol. The van der Waals surface area contributed by atoms with Gasteiger partial charge in [0.1, 0.15) is 5.78 Å². The Bertz CT molecular complexity index is 725. The summed E-state index contributed by atoms with van der Waals surface area (Å²) in [5.41, 5.74) is 1.48. The van der Waals surface area contributed by atoms with Crippen molar-refractivity contribution in [3.8, 4) is 0 Å². The second kappa shape index (κ2) is 6.57. The zero-order valence-electron chi connectivity index (χ0n) is 17.0. The first-order valence-corrected chi connectivity index (χ1v) is 11.5. The Morgan fingerprint density at radius 3 is 2.48 bits per heavy atom. The average molecular weight is 389 g/mol. The number of carbonyl (C=O) groups excluding carboxylic acids is 3. The average Bonchev–Trinajstić information content (AvgIpc) is 2.93. The summed E-state index contributed by atoms with van der Waals surface area (Å²) in [6, 6.07) is 0. The summed E-state index contributed by atoms with van der Waals surface area (Å²) in [5, 5.41) is 0.437. The van der Waals surface area contributed by atoms with Crippen molar-refractivity contribution >= 4 is 28.4 Å². The van der Waals surface area contributed by atoms with Crippen molar-refractivity contribution in [2.45, 2.75) is 77.9 Å². The van der Waals surface area contributed by atoms with Gasteiger partial charge in [-0.05, 0) is 80.1 Å². The van der Waals surface area contributed by atoms with Crippen molar-refractivity contribution in [1.82, 2.24) is 0 Å². The molecule has 3 saturated carbocycles. The van der Waals surface area contributed by atoms with Crippen LogP contribution in [0.2, 0.25) is 0 Å². The van der Waals surface area contributed by atoms with Gasteiger partial charge in [0.15, 0.2) is 10.9 Å². The van der Waals surface area contributed by atoms with Crippen LogP contribution < -0.4 is 0 Å². The molecule has 0 aromatic carbocycles. The Kier molecular flexibility index (Phi) is 4.73. The van der Waals surface area contributed by atoms with Gasteiger partial charge >= 0.3 is 0 Å². The zero-order chi connectivity index (χ0) is 19.6. The highest BCUT2D eigenvalue weighted by Crippen LogP contribution is 2.68. The molecule has 0 aliphatic heterocycles. The second-order valence-corrected chi connectivity index (χ2v) is 11.4. The van der Waals surface area contributed by atoms with Crippen molar-refractivity contribution in [2.24, 2.45) is 34.5 Å². The van der Waals surface area contributed by atoms with Crippen LogP contribution in [0.25, 0.3) is 0 Å². The number of thioether (sulfide) groups is 1. The van der Waals surface area contributed by atoms with Crippen LogP contribution in [0, 0.1) is 34.5 Å². The summed E-state index contributed by atoms with van der Waals surface area (Å²) in [7, 11) is 0. The molecule has 0 aromatic heterocycles. The first-order chi connectivity index (χ1) is 12.7. The Labute approximate surface area is 167 Å². The monoisotopic (exact) mass is 388 g/mol. The maximum Gasteiger partial charge on any atom is 0.186 e. The lowest BCUT2D eigenvalue weighted by molar-refractivity contribution is -0.128. The predicted octanol–water partition coefficient (Wildman–Crippen LogP) is 4.98. The zero-order valence-corrected chi connectivity index (χ0v) is 17.9. The fourth-order valence-corrected chi connectivity index (χ4v) is 8.73. The van der Waals surface area contributed by atoms with Crippen molar-refractivity contribution in [1.29, 1.82) is 0 Å². The Hall–Kier alpha value is -0.900. The quantitative estimate of drug-likeness (QED) is 0.669. The van der Waals surface area contributed by atoms with E-state index in [4.69, 9.17) is 0 Å². The van der Waals surface area contributed by atoms with Crippen LogP contribution in [0.1, 0.15) is 72.6 Å². The lowest BCUT2D eigenvalue weighted by Gasteiger charge is -2.60. The number of fused-ring (bicyclic) bond motifs is 5. The molecule has 4 aliphatic carbocycles. The molecule has 0 saturated heterocycles. The lowest BCUT2D eigenvalue weighted by Crippen LogP contribution is -2.55. The van der Waals surface area contributed by atoms with Crippen LogP contribution >= 0.6 is 11.8 Å². The van der Waals surface area contributed by atoms with E-state index in [0.717, 1.165) is 38.5 Å². The molecule has 0 spiro atoms. The van der Waals surface area contributed by atoms with E-state index in [1.165, 1.54) is 17.3 Å². The van der Waals surface area contributed by atoms with Crippen molar-refractivity contribution in [3.05, 3.63) is 11.6 Å². The molecule has 0 N–H and O–H groups in total. The van der Waals surface area contributed by atoms with Gasteiger partial charge < -0.3 is 0 Å². The third kappa shape index (κ3) is 2.89. The van der Waals surface area contributed by atoms with Crippen LogP contribution in [-0.4, -0.2) is 21.9 Å². The van der Waals surface area contributed by atoms with E-state index in [1.54, 1.807) is 13.8 Å². The molecule has 0 unspecified atom stereocenters. The van der Waals surface area contributed by atoms with Gasteiger partial charge in [-0.15, -0.1) is 0 Å². The van der Waals surface area contributed by atoms with Gasteiger partial charge in [0.2, 0.25) is 0 Å². The van der Waals surface area contributed by atoms with E-state index in [2.05, 4.69) is 13.8 Å². The number of Topliss-reactive ketones (excluding diaryl/α,β-unsaturated/α-hetero) is 1. The van der Waals surface area contributed by atoms with Crippen LogP contribution in [0.5, 0.6) is 0 Å². The smallest absolute Gasteiger partial charge is 0.186 e. The van der Waals surface area contributed by atoms with Crippen molar-refractivity contribution in [2.75, 3.05) is 0 Å². The van der Waals surface area contributed by atoms with Gasteiger partial charge in [0, 0.05) is 24.5 Å². The third-order valence-electron chi connectivity index (χ3n) is 8.77. The highest BCUT2D eigenvalue weighted by molar-refractivity contribution is 8.14. The van der Waals surface area contributed by atoms with Crippen LogP contribution in [-0.2, 0) is 14.4 Å². The molecule has 148 valence electrons. The van der Waals surface area contributed by atoms with Crippen molar-refractivity contribution < 1.29 is 14.4 Å². The number of ketones is 2. The summed E-state index contributed by atoms with van der Waals surface area (Å²) in [6.07, 6.45) is 8.75. The molecule has 0 radical (unpaired) electrons. The SMILES string of the molecule is CC(=O)S[C@@H]1CC2=CC(=O)CC[C@]2(C)[C@H]2CC[C@]3(C)[C@@H](C(C)=O)CC[C@H]3[C@H]12. The number of rotatable bonds is 2. The van der Waals surface area contributed by atoms with Crippen molar-refractivity contribution in [3.63, 3.8) is 0 Å². The van der Waals surface area contributed by atoms with Crippen LogP contribution in [0.3, 0.4) is 0 Å². The molecular weight excluding hydrogens is 356 g/mol. The Morgan fingerprint density at radius 2 is 1.81 bits per heavy atom. The topological polar surface area (TPSA) is 51.2 Å². The maximum absolute atomic E-state index is 12.3. The summed E-state index contributed by atoms with van der Waals surface area (Å²) in [4.78, 5) is 36.5. The highest BCUT2D eigenvalue weighted by Gasteiger charge is 2.62. The molecule has 0 aromatic rings. The number of hydrogen-bond acceptors (Lipinski definition) is 4. The molecule has 3 fully saturated rings. The van der Waals surface area contributed by atoms with Gasteiger partial charge in [-0.2, -0.15) is 0 Å². The highest BCUT2D eigenvalue weighted by atomic mass is 32.2. The summed E-state index contributed by atoms with van der Waals surface area (Å²) in [5.74, 6) is 2.33. The third-order valence-corrected chi connectivity index (χ3v) is 9.88. The van der Waals surface area contributed by atoms with E-state index in [9.17, 15) is 14.4 Å². The van der Waals surface area contributed by atoms with Gasteiger partial charge in [-0.25, -0.2) is 0 Å². The lowest BCUT2D eigenvalue weighted by atomic mass is 9.46. The molecular formula is C23H32O3S. The maximum atomic E-state index is 12.3. The molecule has 4 aliphatic rings. The Balaban J connectivity index is 1.76.